The summed E-state index contributed by atoms with van der Waals surface area (Å²) in [7, 11) is -4.27. The molecule has 0 saturated carbocycles. The minimum absolute atomic E-state index is 0.00830. The van der Waals surface area contributed by atoms with E-state index in [1.807, 2.05) is 31.2 Å². The second-order valence-electron chi connectivity index (χ2n) is 8.97. The number of rotatable bonds is 9. The Morgan fingerprint density at radius 2 is 1.44 bits per heavy atom. The molecule has 0 spiro atoms. The van der Waals surface area contributed by atoms with Crippen LogP contribution in [0.3, 0.4) is 0 Å². The van der Waals surface area contributed by atoms with Gasteiger partial charge in [-0.1, -0.05) is 101 Å². The fraction of sp³-hybridized carbons (Fsp3) is 0.286. The Morgan fingerprint density at radius 3 is 1.98 bits per heavy atom. The van der Waals surface area contributed by atoms with Crippen molar-refractivity contribution < 1.29 is 32.0 Å². The molecule has 2 N–H and O–H groups in total. The molecular weight excluding hydrogens is 615 g/mol. The molecule has 0 fully saturated rings. The number of halogens is 3. The first-order chi connectivity index (χ1) is 19.3. The lowest BCUT2D eigenvalue weighted by Crippen LogP contribution is -2.35. The molecule has 0 unspecified atom stereocenters. The molecule has 1 aliphatic rings. The third-order valence-electron chi connectivity index (χ3n) is 5.89. The van der Waals surface area contributed by atoms with Gasteiger partial charge in [-0.3, -0.25) is 4.79 Å². The molecule has 3 aromatic carbocycles. The molecule has 1 aliphatic carbocycles. The summed E-state index contributed by atoms with van der Waals surface area (Å²) in [6.45, 7) is 2.32. The van der Waals surface area contributed by atoms with Crippen molar-refractivity contribution in [1.82, 2.24) is 10.6 Å². The normalized spacial score (nSPS) is 12.4. The van der Waals surface area contributed by atoms with Crippen molar-refractivity contribution in [2.24, 2.45) is 0 Å². The Bertz CT molecular complexity index is 1400. The Hall–Kier alpha value is -2.86. The van der Waals surface area contributed by atoms with E-state index >= 15 is 0 Å². The van der Waals surface area contributed by atoms with Crippen molar-refractivity contribution in [2.75, 3.05) is 32.8 Å². The highest BCUT2D eigenvalue weighted by Crippen LogP contribution is 2.44. The Balaban J connectivity index is 0.000000352. The highest BCUT2D eigenvalue weighted by Gasteiger charge is 2.29. The number of carbonyl (C=O) groups is 2. The lowest BCUT2D eigenvalue weighted by atomic mass is 9.98. The predicted octanol–water partition coefficient (Wildman–Crippen LogP) is 4.93. The zero-order valence-electron chi connectivity index (χ0n) is 21.9. The number of fused-ring (bicyclic) bond motifs is 3. The molecule has 13 heteroatoms. The van der Waals surface area contributed by atoms with E-state index in [0.29, 0.717) is 6.54 Å². The van der Waals surface area contributed by atoms with Gasteiger partial charge < -0.3 is 24.7 Å². The smallest absolute Gasteiger partial charge is 0.407 e. The van der Waals surface area contributed by atoms with Crippen LogP contribution < -0.4 is 10.6 Å². The highest BCUT2D eigenvalue weighted by molar-refractivity contribution is 7.85. The van der Waals surface area contributed by atoms with Crippen LogP contribution in [0.1, 0.15) is 22.6 Å². The first-order valence-corrected chi connectivity index (χ1v) is 14.9. The number of amides is 1. The third kappa shape index (κ3) is 10.5. The summed E-state index contributed by atoms with van der Waals surface area (Å²) >= 11 is 16.5. The molecule has 0 saturated heterocycles. The van der Waals surface area contributed by atoms with Crippen molar-refractivity contribution in [1.29, 1.82) is 0 Å². The summed E-state index contributed by atoms with van der Waals surface area (Å²) in [5, 5.41) is 5.47. The van der Waals surface area contributed by atoms with Crippen molar-refractivity contribution in [2.45, 2.75) is 21.5 Å². The summed E-state index contributed by atoms with van der Waals surface area (Å²) in [5.74, 6) is -0.545. The van der Waals surface area contributed by atoms with E-state index in [0.717, 1.165) is 16.7 Å². The maximum atomic E-state index is 12.0. The number of hydrogen-bond acceptors (Lipinski definition) is 8. The van der Waals surface area contributed by atoms with Gasteiger partial charge in [0.1, 0.15) is 23.3 Å². The molecule has 4 rings (SSSR count). The van der Waals surface area contributed by atoms with E-state index in [4.69, 9.17) is 44.3 Å². The molecule has 0 aromatic heterocycles. The van der Waals surface area contributed by atoms with Crippen LogP contribution in [0.2, 0.25) is 0 Å². The lowest BCUT2D eigenvalue weighted by Gasteiger charge is -2.14. The molecule has 3 aromatic rings. The van der Waals surface area contributed by atoms with Gasteiger partial charge in [-0.2, -0.15) is 0 Å². The first kappa shape index (κ1) is 32.7. The van der Waals surface area contributed by atoms with E-state index in [1.54, 1.807) is 12.1 Å². The molecular formula is C28H28Cl3N2O7S-. The van der Waals surface area contributed by atoms with Crippen LogP contribution >= 0.6 is 34.8 Å². The molecule has 0 radical (unpaired) electrons. The van der Waals surface area contributed by atoms with Gasteiger partial charge in [0.2, 0.25) is 3.79 Å². The SMILES string of the molecule is Cc1ccc(S(=O)(=O)[O-])cc1.O=C(CNCCNC(=O)OCC1c2ccccc2-c2ccccc21)OCC(Cl)(Cl)Cl. The number of ether oxygens (including phenoxy) is 2. The first-order valence-electron chi connectivity index (χ1n) is 12.4. The Labute approximate surface area is 253 Å². The van der Waals surface area contributed by atoms with Crippen LogP contribution in [0.15, 0.2) is 77.7 Å². The summed E-state index contributed by atoms with van der Waals surface area (Å²) in [4.78, 5) is 23.3. The number of carbonyl (C=O) groups excluding carboxylic acids is 2. The average molecular weight is 643 g/mol. The molecule has 9 nitrogen and oxygen atoms in total. The highest BCUT2D eigenvalue weighted by atomic mass is 35.6. The topological polar surface area (TPSA) is 134 Å². The molecule has 41 heavy (non-hydrogen) atoms. The van der Waals surface area contributed by atoms with Gasteiger partial charge >= 0.3 is 12.1 Å². The lowest BCUT2D eigenvalue weighted by molar-refractivity contribution is -0.142. The van der Waals surface area contributed by atoms with E-state index in [-0.39, 0.29) is 37.1 Å². The summed E-state index contributed by atoms with van der Waals surface area (Å²) in [5.41, 5.74) is 5.58. The van der Waals surface area contributed by atoms with E-state index in [1.165, 1.54) is 23.3 Å². The van der Waals surface area contributed by atoms with Gasteiger partial charge in [-0.05, 0) is 41.3 Å². The van der Waals surface area contributed by atoms with Crippen LogP contribution in [-0.2, 0) is 24.4 Å². The summed E-state index contributed by atoms with van der Waals surface area (Å²) in [6.07, 6.45) is -0.516. The van der Waals surface area contributed by atoms with Crippen LogP contribution in [0.4, 0.5) is 4.79 Å². The molecule has 0 aliphatic heterocycles. The maximum Gasteiger partial charge on any atom is 0.407 e. The van der Waals surface area contributed by atoms with Gasteiger partial charge in [-0.15, -0.1) is 0 Å². The standard InChI is InChI=1S/C21H21Cl3N2O4.C7H8O3S/c22-21(23,24)13-30-19(27)11-25-9-10-26-20(28)29-12-18-16-7-3-1-5-14(16)15-6-2-4-8-17(15)18;1-6-2-4-7(5-3-6)11(8,9)10/h1-8,18,25H,9-13H2,(H,26,28);2-5H,1H3,(H,8,9,10)/p-1. The third-order valence-corrected chi connectivity index (χ3v) is 7.07. The average Bonchev–Trinajstić information content (AvgIpc) is 3.24. The number of nitrogens with one attached hydrogen (secondary N) is 2. The Morgan fingerprint density at radius 1 is 0.878 bits per heavy atom. The van der Waals surface area contributed by atoms with Crippen molar-refractivity contribution in [3.63, 3.8) is 0 Å². The van der Waals surface area contributed by atoms with E-state index in [9.17, 15) is 22.6 Å². The van der Waals surface area contributed by atoms with Gasteiger partial charge in [0.25, 0.3) is 0 Å². The molecule has 0 bridgehead atoms. The van der Waals surface area contributed by atoms with Crippen LogP contribution in [0.25, 0.3) is 11.1 Å². The quantitative estimate of drug-likeness (QED) is 0.145. The number of alkyl halides is 3. The second-order valence-corrected chi connectivity index (χ2v) is 12.9. The molecule has 220 valence electrons. The fourth-order valence-corrected chi connectivity index (χ4v) is 4.64. The van der Waals surface area contributed by atoms with Crippen LogP contribution in [0, 0.1) is 6.92 Å². The number of hydrogen-bond donors (Lipinski definition) is 2. The minimum atomic E-state index is -4.27. The van der Waals surface area contributed by atoms with Gasteiger partial charge in [-0.25, -0.2) is 13.2 Å². The van der Waals surface area contributed by atoms with Gasteiger partial charge in [0, 0.05) is 19.0 Å². The largest absolute Gasteiger partial charge is 0.744 e. The maximum absolute atomic E-state index is 12.0. The number of alkyl carbamates (subject to hydrolysis) is 1. The predicted molar refractivity (Wildman–Crippen MR) is 156 cm³/mol. The summed E-state index contributed by atoms with van der Waals surface area (Å²) < 4.78 is 39.7. The monoisotopic (exact) mass is 641 g/mol. The number of aryl methyl sites for hydroxylation is 1. The van der Waals surface area contributed by atoms with Crippen molar-refractivity contribution in [3.8, 4) is 11.1 Å². The van der Waals surface area contributed by atoms with Crippen LogP contribution in [0.5, 0.6) is 0 Å². The molecule has 0 atom stereocenters. The zero-order chi connectivity index (χ0) is 30.0. The zero-order valence-corrected chi connectivity index (χ0v) is 25.0. The van der Waals surface area contributed by atoms with Crippen molar-refractivity contribution >= 4 is 57.0 Å². The summed E-state index contributed by atoms with van der Waals surface area (Å²) in [6, 6.07) is 22.1. The van der Waals surface area contributed by atoms with Gasteiger partial charge in [0.05, 0.1) is 11.4 Å². The minimum Gasteiger partial charge on any atom is -0.744 e. The van der Waals surface area contributed by atoms with Crippen LogP contribution in [-0.4, -0.2) is 61.7 Å². The number of benzene rings is 3. The second kappa shape index (κ2) is 14.9. The molecule has 1 amide bonds. The Kier molecular flexibility index (Phi) is 11.8. The van der Waals surface area contributed by atoms with E-state index in [2.05, 4.69) is 34.9 Å². The van der Waals surface area contributed by atoms with Gasteiger partial charge in [0.15, 0.2) is 0 Å². The number of esters is 1. The molecule has 0 heterocycles. The van der Waals surface area contributed by atoms with Crippen molar-refractivity contribution in [3.05, 3.63) is 89.5 Å². The van der Waals surface area contributed by atoms with E-state index < -0.39 is 26.0 Å². The fourth-order valence-electron chi connectivity index (χ4n) is 4.01.